The molecule has 0 saturated carbocycles. The van der Waals surface area contributed by atoms with Crippen LogP contribution in [0.1, 0.15) is 13.8 Å². The number of hydrogen-bond donors (Lipinski definition) is 2. The Labute approximate surface area is 76.6 Å². The number of pyridine rings is 1. The largest absolute Gasteiger partial charge is 0.381 e. The van der Waals surface area contributed by atoms with Crippen LogP contribution >= 0.6 is 0 Å². The molecule has 0 aliphatic rings. The second kappa shape index (κ2) is 3.53. The highest BCUT2D eigenvalue weighted by molar-refractivity contribution is 5.95. The first kappa shape index (κ1) is 9.67. The maximum atomic E-state index is 11.2. The molecule has 4 heteroatoms. The van der Waals surface area contributed by atoms with Crippen LogP contribution in [0.3, 0.4) is 0 Å². The van der Waals surface area contributed by atoms with Gasteiger partial charge in [0.2, 0.25) is 0 Å². The third kappa shape index (κ3) is 2.83. The Balaban J connectivity index is 2.66. The molecule has 0 saturated heterocycles. The van der Waals surface area contributed by atoms with Gasteiger partial charge in [0.1, 0.15) is 11.4 Å². The zero-order chi connectivity index (χ0) is 9.90. The van der Waals surface area contributed by atoms with E-state index in [2.05, 4.69) is 10.3 Å². The highest BCUT2D eigenvalue weighted by Crippen LogP contribution is 2.06. The minimum absolute atomic E-state index is 0.439. The summed E-state index contributed by atoms with van der Waals surface area (Å²) in [5, 5.41) is 11.8. The van der Waals surface area contributed by atoms with E-state index in [4.69, 9.17) is 0 Å². The SMILES string of the molecule is CC(C)(O)C(=O)Nc1ccccn1. The molecule has 0 atom stereocenters. The van der Waals surface area contributed by atoms with Crippen molar-refractivity contribution in [2.45, 2.75) is 19.4 Å². The summed E-state index contributed by atoms with van der Waals surface area (Å²) in [4.78, 5) is 15.1. The molecular weight excluding hydrogens is 168 g/mol. The van der Waals surface area contributed by atoms with Crippen LogP contribution < -0.4 is 5.32 Å². The molecule has 1 heterocycles. The van der Waals surface area contributed by atoms with Crippen molar-refractivity contribution < 1.29 is 9.90 Å². The molecule has 0 fully saturated rings. The van der Waals surface area contributed by atoms with Crippen molar-refractivity contribution in [3.05, 3.63) is 24.4 Å². The van der Waals surface area contributed by atoms with E-state index < -0.39 is 11.5 Å². The summed E-state index contributed by atoms with van der Waals surface area (Å²) in [5.74, 6) is -0.0270. The minimum Gasteiger partial charge on any atom is -0.381 e. The lowest BCUT2D eigenvalue weighted by atomic mass is 10.1. The second-order valence-corrected chi connectivity index (χ2v) is 3.23. The van der Waals surface area contributed by atoms with E-state index in [0.717, 1.165) is 0 Å². The summed E-state index contributed by atoms with van der Waals surface area (Å²) in [7, 11) is 0. The smallest absolute Gasteiger partial charge is 0.256 e. The van der Waals surface area contributed by atoms with Crippen molar-refractivity contribution in [2.75, 3.05) is 5.32 Å². The van der Waals surface area contributed by atoms with Crippen LogP contribution in [0.2, 0.25) is 0 Å². The zero-order valence-electron chi connectivity index (χ0n) is 7.61. The van der Waals surface area contributed by atoms with E-state index >= 15 is 0 Å². The molecule has 0 unspecified atom stereocenters. The Hall–Kier alpha value is -1.42. The predicted octanol–water partition coefficient (Wildman–Crippen LogP) is 0.791. The fourth-order valence-corrected chi connectivity index (χ4v) is 0.706. The molecule has 0 aliphatic carbocycles. The number of carbonyl (C=O) groups is 1. The van der Waals surface area contributed by atoms with E-state index in [-0.39, 0.29) is 0 Å². The van der Waals surface area contributed by atoms with Crippen molar-refractivity contribution in [3.63, 3.8) is 0 Å². The molecule has 0 aromatic carbocycles. The Kier molecular flexibility index (Phi) is 2.63. The highest BCUT2D eigenvalue weighted by atomic mass is 16.3. The fraction of sp³-hybridized carbons (Fsp3) is 0.333. The molecule has 1 aromatic heterocycles. The Morgan fingerprint density at radius 2 is 2.23 bits per heavy atom. The average molecular weight is 180 g/mol. The molecular formula is C9H12N2O2. The number of aliphatic hydroxyl groups is 1. The van der Waals surface area contributed by atoms with E-state index in [1.807, 2.05) is 0 Å². The van der Waals surface area contributed by atoms with Crippen LogP contribution in [0.5, 0.6) is 0 Å². The lowest BCUT2D eigenvalue weighted by molar-refractivity contribution is -0.130. The van der Waals surface area contributed by atoms with E-state index in [1.165, 1.54) is 13.8 Å². The number of amides is 1. The number of nitrogens with one attached hydrogen (secondary N) is 1. The fourth-order valence-electron chi connectivity index (χ4n) is 0.706. The Morgan fingerprint density at radius 3 is 2.69 bits per heavy atom. The highest BCUT2D eigenvalue weighted by Gasteiger charge is 2.23. The average Bonchev–Trinajstić information content (AvgIpc) is 2.04. The number of hydrogen-bond acceptors (Lipinski definition) is 3. The van der Waals surface area contributed by atoms with E-state index in [0.29, 0.717) is 5.82 Å². The van der Waals surface area contributed by atoms with Gasteiger partial charge in [-0.15, -0.1) is 0 Å². The van der Waals surface area contributed by atoms with Gasteiger partial charge >= 0.3 is 0 Å². The van der Waals surface area contributed by atoms with Gasteiger partial charge in [-0.25, -0.2) is 4.98 Å². The topological polar surface area (TPSA) is 62.2 Å². The van der Waals surface area contributed by atoms with Gasteiger partial charge in [-0.2, -0.15) is 0 Å². The molecule has 0 radical (unpaired) electrons. The molecule has 2 N–H and O–H groups in total. The number of rotatable bonds is 2. The quantitative estimate of drug-likeness (QED) is 0.707. The number of aromatic nitrogens is 1. The van der Waals surface area contributed by atoms with Crippen LogP contribution in [0.15, 0.2) is 24.4 Å². The molecule has 70 valence electrons. The van der Waals surface area contributed by atoms with Gasteiger partial charge in [0.25, 0.3) is 5.91 Å². The number of carbonyl (C=O) groups excluding carboxylic acids is 1. The third-order valence-electron chi connectivity index (χ3n) is 1.46. The van der Waals surface area contributed by atoms with Crippen LogP contribution in [-0.2, 0) is 4.79 Å². The molecule has 0 spiro atoms. The Bertz CT molecular complexity index is 290. The summed E-state index contributed by atoms with van der Waals surface area (Å²) in [6.07, 6.45) is 1.57. The first-order valence-electron chi connectivity index (χ1n) is 3.95. The first-order valence-corrected chi connectivity index (χ1v) is 3.95. The van der Waals surface area contributed by atoms with Crippen LogP contribution in [0, 0.1) is 0 Å². The van der Waals surface area contributed by atoms with Crippen molar-refractivity contribution in [2.24, 2.45) is 0 Å². The summed E-state index contributed by atoms with van der Waals surface area (Å²) in [6.45, 7) is 2.84. The summed E-state index contributed by atoms with van der Waals surface area (Å²) < 4.78 is 0. The van der Waals surface area contributed by atoms with Gasteiger partial charge in [0.15, 0.2) is 0 Å². The normalized spacial score (nSPS) is 11.0. The van der Waals surface area contributed by atoms with Crippen LogP contribution in [-0.4, -0.2) is 21.6 Å². The summed E-state index contributed by atoms with van der Waals surface area (Å²) in [5.41, 5.74) is -1.38. The monoisotopic (exact) mass is 180 g/mol. The lowest BCUT2D eigenvalue weighted by Gasteiger charge is -2.15. The Morgan fingerprint density at radius 1 is 1.54 bits per heavy atom. The van der Waals surface area contributed by atoms with Crippen molar-refractivity contribution in [1.82, 2.24) is 4.98 Å². The summed E-state index contributed by atoms with van der Waals surface area (Å²) in [6, 6.07) is 5.16. The molecule has 1 aromatic rings. The van der Waals surface area contributed by atoms with Gasteiger partial charge < -0.3 is 10.4 Å². The lowest BCUT2D eigenvalue weighted by Crippen LogP contribution is -2.36. The molecule has 1 rings (SSSR count). The molecule has 0 bridgehead atoms. The maximum Gasteiger partial charge on any atom is 0.256 e. The van der Waals surface area contributed by atoms with Crippen molar-refractivity contribution in [1.29, 1.82) is 0 Å². The van der Waals surface area contributed by atoms with Gasteiger partial charge in [0, 0.05) is 6.20 Å². The summed E-state index contributed by atoms with van der Waals surface area (Å²) >= 11 is 0. The second-order valence-electron chi connectivity index (χ2n) is 3.23. The zero-order valence-corrected chi connectivity index (χ0v) is 7.61. The molecule has 0 aliphatic heterocycles. The first-order chi connectivity index (χ1) is 6.00. The van der Waals surface area contributed by atoms with E-state index in [1.54, 1.807) is 24.4 Å². The van der Waals surface area contributed by atoms with Gasteiger partial charge in [0.05, 0.1) is 0 Å². The minimum atomic E-state index is -1.38. The van der Waals surface area contributed by atoms with E-state index in [9.17, 15) is 9.90 Å². The maximum absolute atomic E-state index is 11.2. The third-order valence-corrected chi connectivity index (χ3v) is 1.46. The molecule has 4 nitrogen and oxygen atoms in total. The van der Waals surface area contributed by atoms with Crippen molar-refractivity contribution >= 4 is 11.7 Å². The standard InChI is InChI=1S/C9H12N2O2/c1-9(2,13)8(12)11-7-5-3-4-6-10-7/h3-6,13H,1-2H3,(H,10,11,12). The van der Waals surface area contributed by atoms with Gasteiger partial charge in [-0.3, -0.25) is 4.79 Å². The van der Waals surface area contributed by atoms with Crippen molar-refractivity contribution in [3.8, 4) is 0 Å². The van der Waals surface area contributed by atoms with Crippen LogP contribution in [0.4, 0.5) is 5.82 Å². The molecule has 1 amide bonds. The number of nitrogens with zero attached hydrogens (tertiary/aromatic N) is 1. The van der Waals surface area contributed by atoms with Gasteiger partial charge in [-0.1, -0.05) is 6.07 Å². The molecule has 13 heavy (non-hydrogen) atoms. The predicted molar refractivity (Wildman–Crippen MR) is 49.2 cm³/mol. The van der Waals surface area contributed by atoms with Gasteiger partial charge in [-0.05, 0) is 26.0 Å². The van der Waals surface area contributed by atoms with Crippen LogP contribution in [0.25, 0.3) is 0 Å². The number of anilines is 1.